The molecule has 1 aliphatic heterocycles. The molecule has 1 aliphatic rings. The Labute approximate surface area is 158 Å². The summed E-state index contributed by atoms with van der Waals surface area (Å²) >= 11 is 23.8. The Morgan fingerprint density at radius 1 is 0.917 bits per heavy atom. The summed E-state index contributed by atoms with van der Waals surface area (Å²) in [5.74, 6) is -0.717. The van der Waals surface area contributed by atoms with Gasteiger partial charge in [-0.2, -0.15) is 0 Å². The van der Waals surface area contributed by atoms with Crippen molar-refractivity contribution in [1.29, 1.82) is 0 Å². The highest BCUT2D eigenvalue weighted by molar-refractivity contribution is 6.42. The number of halogens is 4. The fraction of sp³-hybridized carbons (Fsp3) is 0.125. The van der Waals surface area contributed by atoms with E-state index in [1.54, 1.807) is 24.3 Å². The standard InChI is InChI=1S/C16H10Cl4N2O2/c17-8-1-4-13(12(20)5-8)21-14-7-15(23)22(16(14)24)9-2-3-10(18)11(19)6-9/h1-6,14,21H,7H2/t14-/m0/s1. The first-order valence-corrected chi connectivity index (χ1v) is 8.41. The molecular formula is C16H10Cl4N2O2. The van der Waals surface area contributed by atoms with Crippen molar-refractivity contribution in [3.8, 4) is 0 Å². The van der Waals surface area contributed by atoms with E-state index in [1.807, 2.05) is 0 Å². The van der Waals surface area contributed by atoms with Gasteiger partial charge in [-0.05, 0) is 36.4 Å². The number of imide groups is 1. The number of hydrogen-bond acceptors (Lipinski definition) is 3. The number of anilines is 2. The molecule has 0 unspecified atom stereocenters. The number of carbonyl (C=O) groups is 2. The fourth-order valence-corrected chi connectivity index (χ4v) is 3.19. The van der Waals surface area contributed by atoms with Crippen LogP contribution >= 0.6 is 46.4 Å². The fourth-order valence-electron chi connectivity index (χ4n) is 2.43. The van der Waals surface area contributed by atoms with Gasteiger partial charge in [0, 0.05) is 5.02 Å². The highest BCUT2D eigenvalue weighted by atomic mass is 35.5. The highest BCUT2D eigenvalue weighted by Gasteiger charge is 2.39. The van der Waals surface area contributed by atoms with Crippen molar-refractivity contribution in [2.24, 2.45) is 0 Å². The first-order valence-electron chi connectivity index (χ1n) is 6.90. The maximum atomic E-state index is 12.6. The monoisotopic (exact) mass is 402 g/mol. The van der Waals surface area contributed by atoms with E-state index in [9.17, 15) is 9.59 Å². The van der Waals surface area contributed by atoms with Crippen LogP contribution in [0.2, 0.25) is 20.1 Å². The summed E-state index contributed by atoms with van der Waals surface area (Å²) < 4.78 is 0. The van der Waals surface area contributed by atoms with E-state index in [-0.39, 0.29) is 23.3 Å². The van der Waals surface area contributed by atoms with Crippen LogP contribution in [0.3, 0.4) is 0 Å². The summed E-state index contributed by atoms with van der Waals surface area (Å²) in [6.45, 7) is 0. The van der Waals surface area contributed by atoms with Crippen LogP contribution < -0.4 is 10.2 Å². The van der Waals surface area contributed by atoms with Crippen LogP contribution in [0.25, 0.3) is 0 Å². The molecule has 2 amide bonds. The molecule has 1 atom stereocenters. The first-order chi connectivity index (χ1) is 11.4. The van der Waals surface area contributed by atoms with Crippen LogP contribution in [-0.4, -0.2) is 17.9 Å². The number of nitrogens with one attached hydrogen (secondary N) is 1. The van der Waals surface area contributed by atoms with Crippen molar-refractivity contribution in [2.45, 2.75) is 12.5 Å². The van der Waals surface area contributed by atoms with Gasteiger partial charge < -0.3 is 5.32 Å². The molecule has 0 bridgehead atoms. The summed E-state index contributed by atoms with van der Waals surface area (Å²) in [6.07, 6.45) is 0.0119. The van der Waals surface area contributed by atoms with Gasteiger partial charge in [0.2, 0.25) is 5.91 Å². The number of rotatable bonds is 3. The molecule has 0 aliphatic carbocycles. The van der Waals surface area contributed by atoms with E-state index < -0.39 is 6.04 Å². The Balaban J connectivity index is 1.84. The van der Waals surface area contributed by atoms with Gasteiger partial charge in [0.05, 0.1) is 32.9 Å². The van der Waals surface area contributed by atoms with Crippen molar-refractivity contribution in [2.75, 3.05) is 10.2 Å². The van der Waals surface area contributed by atoms with Crippen LogP contribution in [0.5, 0.6) is 0 Å². The van der Waals surface area contributed by atoms with Crippen molar-refractivity contribution >= 4 is 69.6 Å². The summed E-state index contributed by atoms with van der Waals surface area (Å²) in [6, 6.07) is 8.74. The number of benzene rings is 2. The lowest BCUT2D eigenvalue weighted by Crippen LogP contribution is -2.34. The van der Waals surface area contributed by atoms with Crippen molar-refractivity contribution in [1.82, 2.24) is 0 Å². The van der Waals surface area contributed by atoms with E-state index in [0.29, 0.717) is 26.4 Å². The zero-order valence-corrected chi connectivity index (χ0v) is 15.0. The zero-order chi connectivity index (χ0) is 17.4. The Bertz CT molecular complexity index is 841. The minimum absolute atomic E-state index is 0.0119. The number of amides is 2. The zero-order valence-electron chi connectivity index (χ0n) is 12.0. The third kappa shape index (κ3) is 3.33. The van der Waals surface area contributed by atoms with Gasteiger partial charge in [0.1, 0.15) is 6.04 Å². The highest BCUT2D eigenvalue weighted by Crippen LogP contribution is 2.32. The normalized spacial score (nSPS) is 17.5. The summed E-state index contributed by atoms with van der Waals surface area (Å²) in [5, 5.41) is 4.45. The van der Waals surface area contributed by atoms with Crippen molar-refractivity contribution in [3.05, 3.63) is 56.5 Å². The third-order valence-corrected chi connectivity index (χ3v) is 4.86. The molecule has 0 spiro atoms. The van der Waals surface area contributed by atoms with Crippen LogP contribution in [0.15, 0.2) is 36.4 Å². The Morgan fingerprint density at radius 2 is 1.67 bits per heavy atom. The molecule has 4 nitrogen and oxygen atoms in total. The molecule has 8 heteroatoms. The van der Waals surface area contributed by atoms with E-state index >= 15 is 0 Å². The number of carbonyl (C=O) groups excluding carboxylic acids is 2. The Hall–Kier alpha value is -1.46. The Morgan fingerprint density at radius 3 is 2.33 bits per heavy atom. The lowest BCUT2D eigenvalue weighted by atomic mass is 10.2. The van der Waals surface area contributed by atoms with Crippen LogP contribution in [0.4, 0.5) is 11.4 Å². The Kier molecular flexibility index (Phi) is 4.92. The lowest BCUT2D eigenvalue weighted by Gasteiger charge is -2.17. The molecule has 2 aromatic rings. The maximum absolute atomic E-state index is 12.6. The second-order valence-corrected chi connectivity index (χ2v) is 6.85. The van der Waals surface area contributed by atoms with Gasteiger partial charge in [-0.15, -0.1) is 0 Å². The molecule has 1 fully saturated rings. The molecule has 1 saturated heterocycles. The van der Waals surface area contributed by atoms with Gasteiger partial charge in [-0.1, -0.05) is 46.4 Å². The minimum atomic E-state index is -0.717. The number of nitrogens with zero attached hydrogens (tertiary/aromatic N) is 1. The molecule has 24 heavy (non-hydrogen) atoms. The summed E-state index contributed by atoms with van der Waals surface area (Å²) in [4.78, 5) is 25.9. The predicted octanol–water partition coefficient (Wildman–Crippen LogP) is 5.04. The lowest BCUT2D eigenvalue weighted by molar-refractivity contribution is -0.121. The third-order valence-electron chi connectivity index (χ3n) is 3.57. The second kappa shape index (κ2) is 6.81. The average Bonchev–Trinajstić information content (AvgIpc) is 2.79. The SMILES string of the molecule is O=C1C[C@H](Nc2ccc(Cl)cc2Cl)C(=O)N1c1ccc(Cl)c(Cl)c1. The second-order valence-electron chi connectivity index (χ2n) is 5.19. The molecular weight excluding hydrogens is 394 g/mol. The van der Waals surface area contributed by atoms with Gasteiger partial charge in [0.25, 0.3) is 5.91 Å². The molecule has 124 valence electrons. The smallest absolute Gasteiger partial charge is 0.256 e. The van der Waals surface area contributed by atoms with E-state index in [4.69, 9.17) is 46.4 Å². The average molecular weight is 404 g/mol. The van der Waals surface area contributed by atoms with Gasteiger partial charge in [-0.25, -0.2) is 4.90 Å². The number of hydrogen-bond donors (Lipinski definition) is 1. The molecule has 1 N–H and O–H groups in total. The van der Waals surface area contributed by atoms with Crippen molar-refractivity contribution < 1.29 is 9.59 Å². The molecule has 0 aromatic heterocycles. The van der Waals surface area contributed by atoms with Crippen molar-refractivity contribution in [3.63, 3.8) is 0 Å². The van der Waals surface area contributed by atoms with Gasteiger partial charge in [-0.3, -0.25) is 9.59 Å². The van der Waals surface area contributed by atoms with E-state index in [2.05, 4.69) is 5.32 Å². The molecule has 1 heterocycles. The quantitative estimate of drug-likeness (QED) is 0.730. The predicted molar refractivity (Wildman–Crippen MR) is 97.4 cm³/mol. The first kappa shape index (κ1) is 17.4. The summed E-state index contributed by atoms with van der Waals surface area (Å²) in [5.41, 5.74) is 0.911. The largest absolute Gasteiger partial charge is 0.372 e. The van der Waals surface area contributed by atoms with Crippen LogP contribution in [-0.2, 0) is 9.59 Å². The summed E-state index contributed by atoms with van der Waals surface area (Å²) in [7, 11) is 0. The minimum Gasteiger partial charge on any atom is -0.372 e. The van der Waals surface area contributed by atoms with Crippen LogP contribution in [0, 0.1) is 0 Å². The molecule has 0 radical (unpaired) electrons. The van der Waals surface area contributed by atoms with Gasteiger partial charge in [0.15, 0.2) is 0 Å². The molecule has 2 aromatic carbocycles. The van der Waals surface area contributed by atoms with Crippen LogP contribution in [0.1, 0.15) is 6.42 Å². The topological polar surface area (TPSA) is 49.4 Å². The molecule has 3 rings (SSSR count). The molecule has 0 saturated carbocycles. The van der Waals surface area contributed by atoms with E-state index in [1.165, 1.54) is 12.1 Å². The van der Waals surface area contributed by atoms with E-state index in [0.717, 1.165) is 4.90 Å². The maximum Gasteiger partial charge on any atom is 0.256 e. The van der Waals surface area contributed by atoms with Gasteiger partial charge >= 0.3 is 0 Å².